The Bertz CT molecular complexity index is 497. The van der Waals surface area contributed by atoms with Crippen molar-refractivity contribution in [2.45, 2.75) is 27.2 Å². The number of nitrogens with zero attached hydrogens (tertiary/aromatic N) is 2. The van der Waals surface area contributed by atoms with E-state index in [4.69, 9.17) is 23.2 Å². The van der Waals surface area contributed by atoms with Crippen LogP contribution in [0.3, 0.4) is 0 Å². The van der Waals surface area contributed by atoms with Gasteiger partial charge in [0.15, 0.2) is 0 Å². The fourth-order valence-electron chi connectivity index (χ4n) is 2.37. The summed E-state index contributed by atoms with van der Waals surface area (Å²) in [5.74, 6) is 0.383. The zero-order valence-corrected chi connectivity index (χ0v) is 12.9. The smallest absolute Gasteiger partial charge is 0.274 e. The molecule has 0 spiro atoms. The number of hydrogen-bond donors (Lipinski definition) is 0. The molecule has 1 aromatic rings. The maximum absolute atomic E-state index is 12.4. The van der Waals surface area contributed by atoms with E-state index in [1.165, 1.54) is 0 Å². The molecule has 1 atom stereocenters. The summed E-state index contributed by atoms with van der Waals surface area (Å²) < 4.78 is 0. The highest BCUT2D eigenvalue weighted by molar-refractivity contribution is 6.34. The standard InChI is InChI=1S/C14H18Cl2N2O/c1-14(2,3)9-6-7-18(8-9)13(19)12-10(15)4-5-11(16)17-12/h4-5,9H,6-8H2,1-3H3. The van der Waals surface area contributed by atoms with Crippen molar-refractivity contribution in [1.82, 2.24) is 9.88 Å². The Balaban J connectivity index is 2.16. The number of pyridine rings is 1. The van der Waals surface area contributed by atoms with Crippen molar-refractivity contribution in [3.05, 3.63) is 28.0 Å². The van der Waals surface area contributed by atoms with Gasteiger partial charge in [-0.05, 0) is 29.9 Å². The summed E-state index contributed by atoms with van der Waals surface area (Å²) in [6, 6.07) is 3.20. The highest BCUT2D eigenvalue weighted by atomic mass is 35.5. The predicted molar refractivity (Wildman–Crippen MR) is 77.7 cm³/mol. The first-order valence-electron chi connectivity index (χ1n) is 6.40. The molecule has 0 radical (unpaired) electrons. The normalized spacial score (nSPS) is 19.8. The lowest BCUT2D eigenvalue weighted by atomic mass is 9.80. The van der Waals surface area contributed by atoms with Crippen LogP contribution < -0.4 is 0 Å². The average molecular weight is 301 g/mol. The predicted octanol–water partition coefficient (Wildman–Crippen LogP) is 3.90. The van der Waals surface area contributed by atoms with Gasteiger partial charge in [0.05, 0.1) is 5.02 Å². The van der Waals surface area contributed by atoms with E-state index in [-0.39, 0.29) is 17.0 Å². The van der Waals surface area contributed by atoms with Gasteiger partial charge in [-0.25, -0.2) is 4.98 Å². The lowest BCUT2D eigenvalue weighted by Crippen LogP contribution is -2.31. The van der Waals surface area contributed by atoms with E-state index in [0.29, 0.717) is 16.1 Å². The van der Waals surface area contributed by atoms with Crippen molar-refractivity contribution in [3.8, 4) is 0 Å². The van der Waals surface area contributed by atoms with E-state index in [0.717, 1.165) is 19.5 Å². The molecule has 1 unspecified atom stereocenters. The van der Waals surface area contributed by atoms with Gasteiger partial charge in [0.1, 0.15) is 10.8 Å². The lowest BCUT2D eigenvalue weighted by Gasteiger charge is -2.26. The summed E-state index contributed by atoms with van der Waals surface area (Å²) >= 11 is 11.9. The monoisotopic (exact) mass is 300 g/mol. The van der Waals surface area contributed by atoms with Crippen LogP contribution in [0.2, 0.25) is 10.2 Å². The number of halogens is 2. The highest BCUT2D eigenvalue weighted by Crippen LogP contribution is 2.34. The van der Waals surface area contributed by atoms with Crippen LogP contribution in [0.15, 0.2) is 12.1 Å². The quantitative estimate of drug-likeness (QED) is 0.737. The number of aromatic nitrogens is 1. The molecule has 5 heteroatoms. The lowest BCUT2D eigenvalue weighted by molar-refractivity contribution is 0.0771. The Morgan fingerprint density at radius 1 is 1.37 bits per heavy atom. The fourth-order valence-corrected chi connectivity index (χ4v) is 2.70. The maximum atomic E-state index is 12.4. The van der Waals surface area contributed by atoms with E-state index in [2.05, 4.69) is 25.8 Å². The molecule has 3 nitrogen and oxygen atoms in total. The molecule has 0 saturated carbocycles. The van der Waals surface area contributed by atoms with Crippen LogP contribution in [0, 0.1) is 11.3 Å². The third kappa shape index (κ3) is 3.21. The summed E-state index contributed by atoms with van der Waals surface area (Å²) in [5, 5.41) is 0.646. The first kappa shape index (κ1) is 14.6. The molecule has 0 bridgehead atoms. The van der Waals surface area contributed by atoms with Gasteiger partial charge in [0.25, 0.3) is 5.91 Å². The van der Waals surface area contributed by atoms with Gasteiger partial charge in [-0.3, -0.25) is 4.79 Å². The van der Waals surface area contributed by atoms with Crippen LogP contribution in [-0.2, 0) is 0 Å². The first-order chi connectivity index (χ1) is 8.79. The molecule has 1 amide bonds. The number of carbonyl (C=O) groups is 1. The van der Waals surface area contributed by atoms with Gasteiger partial charge in [-0.1, -0.05) is 44.0 Å². The number of carbonyl (C=O) groups excluding carboxylic acids is 1. The topological polar surface area (TPSA) is 33.2 Å². The Labute approximate surface area is 123 Å². The number of hydrogen-bond acceptors (Lipinski definition) is 2. The molecule has 0 aliphatic carbocycles. The van der Waals surface area contributed by atoms with Crippen LogP contribution >= 0.6 is 23.2 Å². The molecular weight excluding hydrogens is 283 g/mol. The van der Waals surface area contributed by atoms with Gasteiger partial charge in [0, 0.05) is 13.1 Å². The minimum atomic E-state index is -0.126. The molecule has 19 heavy (non-hydrogen) atoms. The second kappa shape index (κ2) is 5.29. The van der Waals surface area contributed by atoms with Gasteiger partial charge in [-0.2, -0.15) is 0 Å². The second-order valence-electron chi connectivity index (χ2n) is 6.07. The molecule has 1 aliphatic rings. The molecule has 2 rings (SSSR count). The Kier molecular flexibility index (Phi) is 4.07. The average Bonchev–Trinajstić information content (AvgIpc) is 2.80. The third-order valence-corrected chi connectivity index (χ3v) is 4.23. The van der Waals surface area contributed by atoms with Crippen molar-refractivity contribution < 1.29 is 4.79 Å². The molecule has 104 valence electrons. The summed E-state index contributed by atoms with van der Waals surface area (Å²) in [6.07, 6.45) is 1.02. The van der Waals surface area contributed by atoms with Crippen LogP contribution in [0.5, 0.6) is 0 Å². The highest BCUT2D eigenvalue weighted by Gasteiger charge is 2.35. The maximum Gasteiger partial charge on any atom is 0.274 e. The Morgan fingerprint density at radius 3 is 2.63 bits per heavy atom. The van der Waals surface area contributed by atoms with Crippen molar-refractivity contribution in [1.29, 1.82) is 0 Å². The molecule has 0 aromatic carbocycles. The molecular formula is C14H18Cl2N2O. The van der Waals surface area contributed by atoms with Crippen LogP contribution in [0.1, 0.15) is 37.7 Å². The van der Waals surface area contributed by atoms with Gasteiger partial charge >= 0.3 is 0 Å². The summed E-state index contributed by atoms with van der Waals surface area (Å²) in [6.45, 7) is 8.13. The van der Waals surface area contributed by atoms with E-state index < -0.39 is 0 Å². The summed E-state index contributed by atoms with van der Waals surface area (Å²) in [7, 11) is 0. The van der Waals surface area contributed by atoms with Crippen molar-refractivity contribution in [3.63, 3.8) is 0 Å². The zero-order chi connectivity index (χ0) is 14.2. The van der Waals surface area contributed by atoms with Crippen LogP contribution in [0.25, 0.3) is 0 Å². The molecule has 1 aliphatic heterocycles. The van der Waals surface area contributed by atoms with E-state index in [9.17, 15) is 4.79 Å². The first-order valence-corrected chi connectivity index (χ1v) is 7.16. The zero-order valence-electron chi connectivity index (χ0n) is 11.4. The molecule has 1 fully saturated rings. The minimum absolute atomic E-state index is 0.126. The van der Waals surface area contributed by atoms with Crippen molar-refractivity contribution in [2.24, 2.45) is 11.3 Å². The molecule has 2 heterocycles. The van der Waals surface area contributed by atoms with E-state index in [1.807, 2.05) is 4.90 Å². The molecule has 1 aromatic heterocycles. The minimum Gasteiger partial charge on any atom is -0.337 e. The summed E-state index contributed by atoms with van der Waals surface area (Å²) in [4.78, 5) is 18.3. The number of rotatable bonds is 1. The van der Waals surface area contributed by atoms with Gasteiger partial charge in [-0.15, -0.1) is 0 Å². The third-order valence-electron chi connectivity index (χ3n) is 3.71. The number of amides is 1. The van der Waals surface area contributed by atoms with Gasteiger partial charge in [0.2, 0.25) is 0 Å². The van der Waals surface area contributed by atoms with Crippen molar-refractivity contribution in [2.75, 3.05) is 13.1 Å². The van der Waals surface area contributed by atoms with Crippen molar-refractivity contribution >= 4 is 29.1 Å². The largest absolute Gasteiger partial charge is 0.337 e. The summed E-state index contributed by atoms with van der Waals surface area (Å²) in [5.41, 5.74) is 0.462. The van der Waals surface area contributed by atoms with Crippen LogP contribution in [-0.4, -0.2) is 28.9 Å². The fraction of sp³-hybridized carbons (Fsp3) is 0.571. The molecule has 0 N–H and O–H groups in total. The van der Waals surface area contributed by atoms with E-state index in [1.54, 1.807) is 12.1 Å². The van der Waals surface area contributed by atoms with Crippen LogP contribution in [0.4, 0.5) is 0 Å². The SMILES string of the molecule is CC(C)(C)C1CCN(C(=O)c2nc(Cl)ccc2Cl)C1. The second-order valence-corrected chi connectivity index (χ2v) is 6.86. The van der Waals surface area contributed by atoms with E-state index >= 15 is 0 Å². The Hall–Kier alpha value is -0.800. The van der Waals surface area contributed by atoms with Gasteiger partial charge < -0.3 is 4.90 Å². The molecule has 1 saturated heterocycles. The Morgan fingerprint density at radius 2 is 2.05 bits per heavy atom. The number of likely N-dealkylation sites (tertiary alicyclic amines) is 1.